The van der Waals surface area contributed by atoms with Crippen molar-refractivity contribution in [1.29, 1.82) is 0 Å². The Morgan fingerprint density at radius 3 is 2.75 bits per heavy atom. The van der Waals surface area contributed by atoms with E-state index in [0.717, 1.165) is 48.0 Å². The first-order chi connectivity index (χ1) is 13.5. The van der Waals surface area contributed by atoms with Crippen LogP contribution in [-0.4, -0.2) is 22.4 Å². The fourth-order valence-corrected chi connectivity index (χ4v) is 6.01. The molecule has 0 unspecified atom stereocenters. The predicted molar refractivity (Wildman–Crippen MR) is 117 cm³/mol. The number of nitrogens with one attached hydrogen (secondary N) is 2. The van der Waals surface area contributed by atoms with E-state index in [9.17, 15) is 9.59 Å². The largest absolute Gasteiger partial charge is 0.350 e. The van der Waals surface area contributed by atoms with Crippen LogP contribution in [0.4, 0.5) is 5.00 Å². The van der Waals surface area contributed by atoms with Crippen molar-refractivity contribution >= 4 is 49.7 Å². The standard InChI is InChI=1S/C21H25N3O2S2/c1-4-24-14-9-10-27-17(14)11-15(24)19(25)23-21-18(20(26)22-12(2)3)13-7-5-6-8-16(13)28-21/h9-12H,4-8H2,1-3H3,(H,22,26)(H,23,25). The third-order valence-corrected chi connectivity index (χ3v) is 7.18. The van der Waals surface area contributed by atoms with Crippen LogP contribution in [0.1, 0.15) is 64.9 Å². The minimum atomic E-state index is -0.151. The van der Waals surface area contributed by atoms with E-state index in [2.05, 4.69) is 10.6 Å². The summed E-state index contributed by atoms with van der Waals surface area (Å²) in [6, 6.07) is 4.05. The van der Waals surface area contributed by atoms with Crippen molar-refractivity contribution in [2.24, 2.45) is 0 Å². The van der Waals surface area contributed by atoms with Gasteiger partial charge in [0.2, 0.25) is 0 Å². The highest BCUT2D eigenvalue weighted by molar-refractivity contribution is 7.17. The molecule has 0 fully saturated rings. The Morgan fingerprint density at radius 2 is 2.00 bits per heavy atom. The summed E-state index contributed by atoms with van der Waals surface area (Å²) in [5, 5.41) is 8.79. The van der Waals surface area contributed by atoms with E-state index in [1.807, 2.05) is 42.9 Å². The number of nitrogens with zero attached hydrogens (tertiary/aromatic N) is 1. The molecule has 1 aliphatic carbocycles. The van der Waals surface area contributed by atoms with Gasteiger partial charge >= 0.3 is 0 Å². The molecular formula is C21H25N3O2S2. The van der Waals surface area contributed by atoms with Crippen LogP contribution in [0, 0.1) is 0 Å². The third-order valence-electron chi connectivity index (χ3n) is 5.12. The first kappa shape index (κ1) is 19.2. The van der Waals surface area contributed by atoms with Gasteiger partial charge in [-0.3, -0.25) is 9.59 Å². The average Bonchev–Trinajstić information content (AvgIpc) is 3.32. The molecule has 0 aliphatic heterocycles. The Hall–Kier alpha value is -2.12. The van der Waals surface area contributed by atoms with E-state index in [-0.39, 0.29) is 17.9 Å². The number of carbonyl (C=O) groups is 2. The first-order valence-electron chi connectivity index (χ1n) is 9.83. The van der Waals surface area contributed by atoms with Crippen molar-refractivity contribution in [2.75, 3.05) is 5.32 Å². The molecule has 148 valence electrons. The van der Waals surface area contributed by atoms with Gasteiger partial charge in [0.05, 0.1) is 15.8 Å². The zero-order chi connectivity index (χ0) is 19.8. The van der Waals surface area contributed by atoms with Crippen LogP contribution < -0.4 is 10.6 Å². The molecule has 28 heavy (non-hydrogen) atoms. The lowest BCUT2D eigenvalue weighted by molar-refractivity contribution is 0.0943. The molecule has 3 heterocycles. The lowest BCUT2D eigenvalue weighted by Crippen LogP contribution is -2.31. The first-order valence-corrected chi connectivity index (χ1v) is 11.5. The second-order valence-corrected chi connectivity index (χ2v) is 9.49. The van der Waals surface area contributed by atoms with Gasteiger partial charge in [-0.25, -0.2) is 0 Å². The quantitative estimate of drug-likeness (QED) is 0.612. The van der Waals surface area contributed by atoms with Gasteiger partial charge in [0.1, 0.15) is 10.7 Å². The van der Waals surface area contributed by atoms with Crippen molar-refractivity contribution in [3.8, 4) is 0 Å². The van der Waals surface area contributed by atoms with Gasteiger partial charge in [-0.2, -0.15) is 0 Å². The zero-order valence-electron chi connectivity index (χ0n) is 16.4. The molecule has 3 aromatic rings. The number of amides is 2. The number of anilines is 1. The molecule has 0 radical (unpaired) electrons. The van der Waals surface area contributed by atoms with Crippen LogP contribution in [0.2, 0.25) is 0 Å². The normalized spacial score (nSPS) is 13.7. The number of thiophene rings is 2. The van der Waals surface area contributed by atoms with Gasteiger partial charge in [-0.05, 0) is 69.5 Å². The summed E-state index contributed by atoms with van der Waals surface area (Å²) < 4.78 is 3.14. The smallest absolute Gasteiger partial charge is 0.272 e. The lowest BCUT2D eigenvalue weighted by Gasteiger charge is -2.14. The Bertz CT molecular complexity index is 1040. The molecule has 0 aromatic carbocycles. The Balaban J connectivity index is 1.70. The Kier molecular flexibility index (Phi) is 5.29. The molecule has 0 saturated heterocycles. The van der Waals surface area contributed by atoms with Gasteiger partial charge in [0.15, 0.2) is 0 Å². The second kappa shape index (κ2) is 7.72. The molecule has 2 amide bonds. The van der Waals surface area contributed by atoms with E-state index in [1.54, 1.807) is 22.7 Å². The van der Waals surface area contributed by atoms with Gasteiger partial charge in [0.25, 0.3) is 11.8 Å². The SMILES string of the molecule is CCn1c(C(=O)Nc2sc3c(c2C(=O)NC(C)C)CCCC3)cc2sccc21. The van der Waals surface area contributed by atoms with Crippen LogP contribution in [0.5, 0.6) is 0 Å². The summed E-state index contributed by atoms with van der Waals surface area (Å²) in [4.78, 5) is 27.2. The average molecular weight is 416 g/mol. The van der Waals surface area contributed by atoms with Crippen LogP contribution in [0.3, 0.4) is 0 Å². The maximum absolute atomic E-state index is 13.1. The molecule has 3 aromatic heterocycles. The molecule has 0 spiro atoms. The molecule has 7 heteroatoms. The fourth-order valence-electron chi connectivity index (χ4n) is 3.90. The zero-order valence-corrected chi connectivity index (χ0v) is 18.1. The van der Waals surface area contributed by atoms with E-state index < -0.39 is 0 Å². The summed E-state index contributed by atoms with van der Waals surface area (Å²) >= 11 is 3.20. The molecular weight excluding hydrogens is 390 g/mol. The molecule has 0 atom stereocenters. The number of aromatic nitrogens is 1. The molecule has 2 N–H and O–H groups in total. The van der Waals surface area contributed by atoms with Crippen molar-refractivity contribution in [2.45, 2.75) is 59.0 Å². The Labute approximate surface area is 172 Å². The fraction of sp³-hybridized carbons (Fsp3) is 0.429. The molecule has 1 aliphatic rings. The van der Waals surface area contributed by atoms with E-state index in [4.69, 9.17) is 0 Å². The minimum absolute atomic E-state index is 0.0549. The van der Waals surface area contributed by atoms with E-state index in [0.29, 0.717) is 16.3 Å². The van der Waals surface area contributed by atoms with Gasteiger partial charge in [-0.15, -0.1) is 22.7 Å². The van der Waals surface area contributed by atoms with Crippen LogP contribution in [-0.2, 0) is 19.4 Å². The van der Waals surface area contributed by atoms with Crippen LogP contribution in [0.15, 0.2) is 17.5 Å². The van der Waals surface area contributed by atoms with Gasteiger partial charge < -0.3 is 15.2 Å². The molecule has 0 saturated carbocycles. The number of rotatable bonds is 5. The van der Waals surface area contributed by atoms with E-state index in [1.165, 1.54) is 4.88 Å². The second-order valence-electron chi connectivity index (χ2n) is 7.44. The molecule has 5 nitrogen and oxygen atoms in total. The summed E-state index contributed by atoms with van der Waals surface area (Å²) in [6.07, 6.45) is 4.12. The maximum atomic E-state index is 13.1. The minimum Gasteiger partial charge on any atom is -0.350 e. The van der Waals surface area contributed by atoms with Crippen molar-refractivity contribution < 1.29 is 9.59 Å². The van der Waals surface area contributed by atoms with Crippen molar-refractivity contribution in [1.82, 2.24) is 9.88 Å². The predicted octanol–water partition coefficient (Wildman–Crippen LogP) is 5.05. The van der Waals surface area contributed by atoms with Gasteiger partial charge in [-0.1, -0.05) is 0 Å². The van der Waals surface area contributed by atoms with Crippen molar-refractivity contribution in [3.63, 3.8) is 0 Å². The number of hydrogen-bond donors (Lipinski definition) is 2. The highest BCUT2D eigenvalue weighted by Crippen LogP contribution is 2.38. The third kappa shape index (κ3) is 3.37. The topological polar surface area (TPSA) is 63.1 Å². The van der Waals surface area contributed by atoms with Crippen LogP contribution in [0.25, 0.3) is 10.2 Å². The maximum Gasteiger partial charge on any atom is 0.272 e. The van der Waals surface area contributed by atoms with Crippen molar-refractivity contribution in [3.05, 3.63) is 39.2 Å². The number of fused-ring (bicyclic) bond motifs is 2. The van der Waals surface area contributed by atoms with Crippen LogP contribution >= 0.6 is 22.7 Å². The molecule has 4 rings (SSSR count). The number of carbonyl (C=O) groups excluding carboxylic acids is 2. The Morgan fingerprint density at radius 1 is 1.21 bits per heavy atom. The number of aryl methyl sites for hydroxylation is 2. The molecule has 0 bridgehead atoms. The van der Waals surface area contributed by atoms with Gasteiger partial charge in [0, 0.05) is 17.5 Å². The highest BCUT2D eigenvalue weighted by atomic mass is 32.1. The lowest BCUT2D eigenvalue weighted by atomic mass is 9.95. The number of hydrogen-bond acceptors (Lipinski definition) is 4. The highest BCUT2D eigenvalue weighted by Gasteiger charge is 2.27. The summed E-state index contributed by atoms with van der Waals surface area (Å²) in [7, 11) is 0. The van der Waals surface area contributed by atoms with E-state index >= 15 is 0 Å². The summed E-state index contributed by atoms with van der Waals surface area (Å²) in [5.41, 5.74) is 3.52. The summed E-state index contributed by atoms with van der Waals surface area (Å²) in [5.74, 6) is -0.237. The summed E-state index contributed by atoms with van der Waals surface area (Å²) in [6.45, 7) is 6.68. The monoisotopic (exact) mass is 415 g/mol.